The molecule has 0 spiro atoms. The molecule has 0 bridgehead atoms. The van der Waals surface area contributed by atoms with Crippen LogP contribution in [0, 0.1) is 0 Å². The van der Waals surface area contributed by atoms with Crippen LogP contribution in [-0.2, 0) is 11.3 Å². The van der Waals surface area contributed by atoms with E-state index in [4.69, 9.17) is 5.73 Å². The van der Waals surface area contributed by atoms with Gasteiger partial charge in [-0.15, -0.1) is 23.7 Å². The maximum atomic E-state index is 12.9. The number of piperidine rings is 1. The molecule has 3 rings (SSSR count). The summed E-state index contributed by atoms with van der Waals surface area (Å²) in [5.74, 6) is -0.281. The van der Waals surface area contributed by atoms with Gasteiger partial charge >= 0.3 is 0 Å². The molecule has 1 aromatic heterocycles. The van der Waals surface area contributed by atoms with Crippen molar-refractivity contribution in [3.05, 3.63) is 46.4 Å². The van der Waals surface area contributed by atoms with Gasteiger partial charge in [0.15, 0.2) is 0 Å². The van der Waals surface area contributed by atoms with Gasteiger partial charge in [-0.2, -0.15) is 0 Å². The zero-order chi connectivity index (χ0) is 17.1. The molecule has 1 unspecified atom stereocenters. The molecule has 1 aromatic carbocycles. The van der Waals surface area contributed by atoms with E-state index in [0.717, 1.165) is 12.1 Å². The lowest BCUT2D eigenvalue weighted by Gasteiger charge is -2.36. The van der Waals surface area contributed by atoms with E-state index in [-0.39, 0.29) is 24.2 Å². The van der Waals surface area contributed by atoms with Crippen molar-refractivity contribution >= 4 is 41.2 Å². The molecule has 25 heavy (non-hydrogen) atoms. The highest BCUT2D eigenvalue weighted by atomic mass is 35.5. The van der Waals surface area contributed by atoms with Crippen LogP contribution in [0.4, 0.5) is 5.69 Å². The Labute approximate surface area is 157 Å². The zero-order valence-electron chi connectivity index (χ0n) is 13.9. The third kappa shape index (κ3) is 4.00. The lowest BCUT2D eigenvalue weighted by molar-refractivity contribution is -0.124. The number of halogens is 1. The average Bonchev–Trinajstić information content (AvgIpc) is 3.10. The lowest BCUT2D eigenvalue weighted by Crippen LogP contribution is -2.53. The molecule has 0 radical (unpaired) electrons. The Morgan fingerprint density at radius 1 is 1.40 bits per heavy atom. The van der Waals surface area contributed by atoms with Crippen LogP contribution in [-0.4, -0.2) is 41.3 Å². The highest BCUT2D eigenvalue weighted by Crippen LogP contribution is 2.24. The molecule has 6 nitrogen and oxygen atoms in total. The Morgan fingerprint density at radius 2 is 2.12 bits per heavy atom. The van der Waals surface area contributed by atoms with E-state index in [9.17, 15) is 9.59 Å². The van der Waals surface area contributed by atoms with Gasteiger partial charge in [0.2, 0.25) is 5.91 Å². The van der Waals surface area contributed by atoms with Crippen LogP contribution in [0.5, 0.6) is 0 Å². The van der Waals surface area contributed by atoms with Crippen molar-refractivity contribution in [3.63, 3.8) is 0 Å². The van der Waals surface area contributed by atoms with Gasteiger partial charge in [0, 0.05) is 31.2 Å². The molecule has 2 amide bonds. The van der Waals surface area contributed by atoms with Crippen molar-refractivity contribution in [2.45, 2.75) is 25.4 Å². The molecule has 2 N–H and O–H groups in total. The Bertz CT molecular complexity index is 737. The normalized spacial score (nSPS) is 17.1. The number of rotatable bonds is 4. The minimum atomic E-state index is -0.463. The topological polar surface area (TPSA) is 79.5 Å². The molecule has 0 aliphatic carbocycles. The molecule has 1 aliphatic rings. The van der Waals surface area contributed by atoms with Crippen molar-refractivity contribution < 1.29 is 9.59 Å². The number of aromatic nitrogens is 1. The number of nitrogens with zero attached hydrogens (tertiary/aromatic N) is 3. The van der Waals surface area contributed by atoms with Crippen LogP contribution in [0.3, 0.4) is 0 Å². The number of carbonyl (C=O) groups is 2. The third-order valence-corrected chi connectivity index (χ3v) is 5.08. The molecule has 0 saturated carbocycles. The number of likely N-dealkylation sites (N-methyl/N-ethyl adjacent to an activating group) is 1. The largest absolute Gasteiger partial charge is 0.328 e. The summed E-state index contributed by atoms with van der Waals surface area (Å²) >= 11 is 1.36. The molecular formula is C17H21ClN4O2S. The fraction of sp³-hybridized carbons (Fsp3) is 0.353. The van der Waals surface area contributed by atoms with Crippen molar-refractivity contribution in [2.24, 2.45) is 5.73 Å². The Kier molecular flexibility index (Phi) is 6.52. The number of benzene rings is 1. The predicted molar refractivity (Wildman–Crippen MR) is 101 cm³/mol. The van der Waals surface area contributed by atoms with Crippen LogP contribution in [0.15, 0.2) is 35.7 Å². The number of amides is 2. The third-order valence-electron chi connectivity index (χ3n) is 4.21. The number of carbonyl (C=O) groups excluding carboxylic acids is 2. The van der Waals surface area contributed by atoms with Crippen molar-refractivity contribution in [1.82, 2.24) is 9.88 Å². The maximum absolute atomic E-state index is 12.9. The highest BCUT2D eigenvalue weighted by Gasteiger charge is 2.35. The second kappa shape index (κ2) is 8.42. The highest BCUT2D eigenvalue weighted by molar-refractivity contribution is 7.09. The Hall–Kier alpha value is -1.96. The minimum Gasteiger partial charge on any atom is -0.328 e. The van der Waals surface area contributed by atoms with E-state index in [1.54, 1.807) is 17.3 Å². The molecule has 2 heterocycles. The van der Waals surface area contributed by atoms with Gasteiger partial charge in [-0.3, -0.25) is 9.59 Å². The molecule has 134 valence electrons. The first-order valence-corrected chi connectivity index (χ1v) is 8.78. The minimum absolute atomic E-state index is 0. The summed E-state index contributed by atoms with van der Waals surface area (Å²) in [5, 5.41) is 2.41. The van der Waals surface area contributed by atoms with Crippen LogP contribution >= 0.6 is 23.7 Å². The van der Waals surface area contributed by atoms with E-state index in [0.29, 0.717) is 30.2 Å². The standard InChI is InChI=1S/C17H20N4O2S.ClH/c1-20(16(22)13-11-24-15(10-18)19-13)14-8-5-9-21(17(14)23)12-6-3-2-4-7-12;/h2-4,6-7,11,14H,5,8-10,18H2,1H3;1H. The van der Waals surface area contributed by atoms with Crippen molar-refractivity contribution in [1.29, 1.82) is 0 Å². The van der Waals surface area contributed by atoms with Gasteiger partial charge in [0.25, 0.3) is 5.91 Å². The molecule has 1 fully saturated rings. The second-order valence-electron chi connectivity index (χ2n) is 5.73. The summed E-state index contributed by atoms with van der Waals surface area (Å²) in [5.41, 5.74) is 6.77. The van der Waals surface area contributed by atoms with E-state index in [1.165, 1.54) is 16.2 Å². The number of para-hydroxylation sites is 1. The summed E-state index contributed by atoms with van der Waals surface area (Å²) in [6.07, 6.45) is 1.52. The summed E-state index contributed by atoms with van der Waals surface area (Å²) in [6.45, 7) is 0.987. The van der Waals surface area contributed by atoms with Gasteiger partial charge in [0.1, 0.15) is 16.7 Å². The first-order valence-electron chi connectivity index (χ1n) is 7.90. The van der Waals surface area contributed by atoms with Gasteiger partial charge in [-0.1, -0.05) is 18.2 Å². The number of anilines is 1. The van der Waals surface area contributed by atoms with Gasteiger partial charge in [-0.25, -0.2) is 4.98 Å². The average molecular weight is 381 g/mol. The number of thiazole rings is 1. The molecule has 1 aliphatic heterocycles. The van der Waals surface area contributed by atoms with Crippen molar-refractivity contribution in [3.8, 4) is 0 Å². The van der Waals surface area contributed by atoms with Gasteiger partial charge in [-0.05, 0) is 25.0 Å². The Balaban J connectivity index is 0.00000225. The summed E-state index contributed by atoms with van der Waals surface area (Å²) in [6, 6.07) is 9.10. The maximum Gasteiger partial charge on any atom is 0.273 e. The summed E-state index contributed by atoms with van der Waals surface area (Å²) in [4.78, 5) is 33.0. The molecule has 1 saturated heterocycles. The SMILES string of the molecule is CN(C(=O)c1csc(CN)n1)C1CCCN(c2ccccc2)C1=O.Cl. The van der Waals surface area contributed by atoms with E-state index >= 15 is 0 Å². The van der Waals surface area contributed by atoms with Crippen LogP contribution in [0.2, 0.25) is 0 Å². The Morgan fingerprint density at radius 3 is 2.76 bits per heavy atom. The number of hydrogen-bond donors (Lipinski definition) is 1. The van der Waals surface area contributed by atoms with Crippen LogP contribution in [0.1, 0.15) is 28.3 Å². The predicted octanol–water partition coefficient (Wildman–Crippen LogP) is 2.29. The van der Waals surface area contributed by atoms with E-state index in [2.05, 4.69) is 4.98 Å². The van der Waals surface area contributed by atoms with E-state index < -0.39 is 6.04 Å². The summed E-state index contributed by atoms with van der Waals surface area (Å²) < 4.78 is 0. The smallest absolute Gasteiger partial charge is 0.273 e. The first kappa shape index (κ1) is 19.4. The second-order valence-corrected chi connectivity index (χ2v) is 6.67. The van der Waals surface area contributed by atoms with Crippen LogP contribution in [0.25, 0.3) is 0 Å². The lowest BCUT2D eigenvalue weighted by atomic mass is 10.0. The number of nitrogens with two attached hydrogens (primary N) is 1. The van der Waals surface area contributed by atoms with Crippen molar-refractivity contribution in [2.75, 3.05) is 18.5 Å². The fourth-order valence-corrected chi connectivity index (χ4v) is 3.55. The monoisotopic (exact) mass is 380 g/mol. The summed E-state index contributed by atoms with van der Waals surface area (Å²) in [7, 11) is 1.67. The number of hydrogen-bond acceptors (Lipinski definition) is 5. The van der Waals surface area contributed by atoms with Gasteiger partial charge in [0.05, 0.1) is 0 Å². The van der Waals surface area contributed by atoms with E-state index in [1.807, 2.05) is 30.3 Å². The molecular weight excluding hydrogens is 360 g/mol. The quantitative estimate of drug-likeness (QED) is 0.882. The zero-order valence-corrected chi connectivity index (χ0v) is 15.6. The fourth-order valence-electron chi connectivity index (χ4n) is 2.90. The first-order chi connectivity index (χ1) is 11.6. The molecule has 8 heteroatoms. The molecule has 2 aromatic rings. The molecule has 1 atom stereocenters. The van der Waals surface area contributed by atoms with Crippen LogP contribution < -0.4 is 10.6 Å². The van der Waals surface area contributed by atoms with Gasteiger partial charge < -0.3 is 15.5 Å².